The lowest BCUT2D eigenvalue weighted by Gasteiger charge is -2.09. The predicted octanol–water partition coefficient (Wildman–Crippen LogP) is 2.21. The maximum atomic E-state index is 11.5. The van der Waals surface area contributed by atoms with Crippen molar-refractivity contribution in [1.29, 1.82) is 0 Å². The second-order valence-electron chi connectivity index (χ2n) is 4.79. The van der Waals surface area contributed by atoms with E-state index >= 15 is 0 Å². The Bertz CT molecular complexity index is 510. The molecule has 1 heterocycles. The van der Waals surface area contributed by atoms with Gasteiger partial charge in [-0.2, -0.15) is 0 Å². The van der Waals surface area contributed by atoms with E-state index in [0.29, 0.717) is 29.7 Å². The maximum absolute atomic E-state index is 11.5. The number of nitrogens with one attached hydrogen (secondary N) is 2. The molecular formula is C14H22IN3O3. The summed E-state index contributed by atoms with van der Waals surface area (Å²) in [6.45, 7) is 4.96. The van der Waals surface area contributed by atoms with Gasteiger partial charge in [-0.1, -0.05) is 0 Å². The molecule has 0 amide bonds. The molecule has 1 aliphatic carbocycles. The molecule has 21 heavy (non-hydrogen) atoms. The molecule has 1 aromatic rings. The third-order valence-electron chi connectivity index (χ3n) is 3.03. The van der Waals surface area contributed by atoms with Crippen molar-refractivity contribution >= 4 is 35.9 Å². The minimum absolute atomic E-state index is 0. The largest absolute Gasteiger partial charge is 0.465 e. The summed E-state index contributed by atoms with van der Waals surface area (Å²) in [7, 11) is 1.36. The number of rotatable bonds is 5. The van der Waals surface area contributed by atoms with Gasteiger partial charge in [-0.3, -0.25) is 0 Å². The highest BCUT2D eigenvalue weighted by atomic mass is 127. The fraction of sp³-hybridized carbons (Fsp3) is 0.571. The molecular weight excluding hydrogens is 385 g/mol. The van der Waals surface area contributed by atoms with Crippen LogP contribution in [0.15, 0.2) is 15.5 Å². The van der Waals surface area contributed by atoms with E-state index in [-0.39, 0.29) is 29.9 Å². The number of methoxy groups -OCH3 is 1. The topological polar surface area (TPSA) is 75.9 Å². The average Bonchev–Trinajstić information content (AvgIpc) is 3.17. The second-order valence-corrected chi connectivity index (χ2v) is 4.79. The number of furan rings is 1. The van der Waals surface area contributed by atoms with Crippen LogP contribution in [0.4, 0.5) is 0 Å². The smallest absolute Gasteiger partial charge is 0.341 e. The summed E-state index contributed by atoms with van der Waals surface area (Å²) in [5.74, 6) is 1.60. The van der Waals surface area contributed by atoms with Gasteiger partial charge < -0.3 is 19.8 Å². The lowest BCUT2D eigenvalue weighted by Crippen LogP contribution is -2.38. The predicted molar refractivity (Wildman–Crippen MR) is 91.2 cm³/mol. The van der Waals surface area contributed by atoms with Crippen LogP contribution in [0, 0.1) is 6.92 Å². The van der Waals surface area contributed by atoms with Gasteiger partial charge in [0.15, 0.2) is 5.96 Å². The highest BCUT2D eigenvalue weighted by Gasteiger charge is 2.22. The number of esters is 1. The lowest BCUT2D eigenvalue weighted by molar-refractivity contribution is 0.0599. The van der Waals surface area contributed by atoms with Crippen LogP contribution in [0.3, 0.4) is 0 Å². The van der Waals surface area contributed by atoms with Gasteiger partial charge in [-0.05, 0) is 32.8 Å². The molecule has 1 aliphatic rings. The lowest BCUT2D eigenvalue weighted by atomic mass is 10.2. The molecule has 0 aromatic carbocycles. The van der Waals surface area contributed by atoms with Gasteiger partial charge in [0, 0.05) is 12.6 Å². The van der Waals surface area contributed by atoms with E-state index in [1.54, 1.807) is 13.0 Å². The van der Waals surface area contributed by atoms with E-state index in [4.69, 9.17) is 9.15 Å². The van der Waals surface area contributed by atoms with E-state index in [0.717, 1.165) is 12.5 Å². The Hall–Kier alpha value is -1.25. The van der Waals surface area contributed by atoms with E-state index < -0.39 is 0 Å². The SMILES string of the molecule is CCNC(=NCc1cc(C(=O)OC)c(C)o1)NC1CC1.I. The van der Waals surface area contributed by atoms with Crippen molar-refractivity contribution in [1.82, 2.24) is 10.6 Å². The molecule has 1 saturated carbocycles. The summed E-state index contributed by atoms with van der Waals surface area (Å²) in [4.78, 5) is 16.0. The molecule has 118 valence electrons. The molecule has 7 heteroatoms. The summed E-state index contributed by atoms with van der Waals surface area (Å²) in [6.07, 6.45) is 2.38. The molecule has 0 bridgehead atoms. The van der Waals surface area contributed by atoms with Gasteiger partial charge in [-0.15, -0.1) is 24.0 Å². The first-order valence-corrected chi connectivity index (χ1v) is 6.86. The molecule has 1 fully saturated rings. The average molecular weight is 407 g/mol. The quantitative estimate of drug-likeness (QED) is 0.339. The monoisotopic (exact) mass is 407 g/mol. The van der Waals surface area contributed by atoms with Crippen molar-refractivity contribution < 1.29 is 13.9 Å². The van der Waals surface area contributed by atoms with Gasteiger partial charge in [0.1, 0.15) is 23.6 Å². The normalized spacial score (nSPS) is 14.3. The van der Waals surface area contributed by atoms with E-state index in [1.165, 1.54) is 20.0 Å². The molecule has 0 radical (unpaired) electrons. The number of halogens is 1. The third-order valence-corrected chi connectivity index (χ3v) is 3.03. The molecule has 1 aromatic heterocycles. The van der Waals surface area contributed by atoms with E-state index in [2.05, 4.69) is 15.6 Å². The zero-order valence-corrected chi connectivity index (χ0v) is 14.9. The molecule has 0 aliphatic heterocycles. The molecule has 0 saturated heterocycles. The molecule has 0 atom stereocenters. The highest BCUT2D eigenvalue weighted by molar-refractivity contribution is 14.0. The third kappa shape index (κ3) is 5.22. The van der Waals surface area contributed by atoms with Gasteiger partial charge in [-0.25, -0.2) is 9.79 Å². The minimum Gasteiger partial charge on any atom is -0.465 e. The van der Waals surface area contributed by atoms with Gasteiger partial charge in [0.25, 0.3) is 0 Å². The number of hydrogen-bond donors (Lipinski definition) is 2. The fourth-order valence-electron chi connectivity index (χ4n) is 1.83. The van der Waals surface area contributed by atoms with Crippen LogP contribution in [0.25, 0.3) is 0 Å². The Labute approximate surface area is 141 Å². The Morgan fingerprint density at radius 2 is 2.24 bits per heavy atom. The maximum Gasteiger partial charge on any atom is 0.341 e. The summed E-state index contributed by atoms with van der Waals surface area (Å²) in [6, 6.07) is 2.22. The Morgan fingerprint density at radius 3 is 2.81 bits per heavy atom. The van der Waals surface area contributed by atoms with Crippen LogP contribution in [-0.2, 0) is 11.3 Å². The second kappa shape index (κ2) is 8.26. The number of nitrogens with zero attached hydrogens (tertiary/aromatic N) is 1. The Morgan fingerprint density at radius 1 is 1.52 bits per heavy atom. The summed E-state index contributed by atoms with van der Waals surface area (Å²) >= 11 is 0. The first-order chi connectivity index (χ1) is 9.63. The van der Waals surface area contributed by atoms with Crippen molar-refractivity contribution in [2.24, 2.45) is 4.99 Å². The standard InChI is InChI=1S/C14H21N3O3.HI/c1-4-15-14(17-10-5-6-10)16-8-11-7-12(9(2)20-11)13(18)19-3;/h7,10H,4-6,8H2,1-3H3,(H2,15,16,17);1H. The first kappa shape index (κ1) is 17.8. The minimum atomic E-state index is -0.385. The van der Waals surface area contributed by atoms with Crippen molar-refractivity contribution in [3.63, 3.8) is 0 Å². The molecule has 0 unspecified atom stereocenters. The molecule has 6 nitrogen and oxygen atoms in total. The number of carbonyl (C=O) groups is 1. The van der Waals surface area contributed by atoms with Crippen LogP contribution in [0.2, 0.25) is 0 Å². The zero-order chi connectivity index (χ0) is 14.5. The molecule has 0 spiro atoms. The van der Waals surface area contributed by atoms with E-state index in [1.807, 2.05) is 6.92 Å². The van der Waals surface area contributed by atoms with Crippen LogP contribution in [0.5, 0.6) is 0 Å². The number of hydrogen-bond acceptors (Lipinski definition) is 4. The van der Waals surface area contributed by atoms with Crippen molar-refractivity contribution in [2.75, 3.05) is 13.7 Å². The van der Waals surface area contributed by atoms with Crippen LogP contribution >= 0.6 is 24.0 Å². The number of carbonyl (C=O) groups excluding carboxylic acids is 1. The van der Waals surface area contributed by atoms with Crippen molar-refractivity contribution in [2.45, 2.75) is 39.3 Å². The number of ether oxygens (including phenoxy) is 1. The van der Waals surface area contributed by atoms with Crippen molar-refractivity contribution in [3.8, 4) is 0 Å². The van der Waals surface area contributed by atoms with Gasteiger partial charge in [0.2, 0.25) is 0 Å². The highest BCUT2D eigenvalue weighted by Crippen LogP contribution is 2.19. The zero-order valence-electron chi connectivity index (χ0n) is 12.6. The fourth-order valence-corrected chi connectivity index (χ4v) is 1.83. The van der Waals surface area contributed by atoms with E-state index in [9.17, 15) is 4.79 Å². The molecule has 2 N–H and O–H groups in total. The number of aliphatic imine (C=N–C) groups is 1. The Balaban J connectivity index is 0.00000220. The first-order valence-electron chi connectivity index (χ1n) is 6.86. The van der Waals surface area contributed by atoms with Crippen LogP contribution in [-0.4, -0.2) is 31.6 Å². The number of aryl methyl sites for hydroxylation is 1. The summed E-state index contributed by atoms with van der Waals surface area (Å²) in [5, 5.41) is 6.51. The Kier molecular flexibility index (Phi) is 7.00. The van der Waals surface area contributed by atoms with Gasteiger partial charge in [0.05, 0.1) is 7.11 Å². The van der Waals surface area contributed by atoms with Gasteiger partial charge >= 0.3 is 5.97 Å². The van der Waals surface area contributed by atoms with Crippen LogP contribution in [0.1, 0.15) is 41.6 Å². The summed E-state index contributed by atoms with van der Waals surface area (Å²) in [5.41, 5.74) is 0.456. The van der Waals surface area contributed by atoms with Crippen molar-refractivity contribution in [3.05, 3.63) is 23.2 Å². The summed E-state index contributed by atoms with van der Waals surface area (Å²) < 4.78 is 10.2. The number of guanidine groups is 1. The van der Waals surface area contributed by atoms with Crippen LogP contribution < -0.4 is 10.6 Å². The molecule has 2 rings (SSSR count).